The number of nitrogen functional groups attached to an aromatic ring is 1. The van der Waals surface area contributed by atoms with Crippen LogP contribution in [-0.4, -0.2) is 72.9 Å². The maximum atomic E-state index is 13.7. The van der Waals surface area contributed by atoms with E-state index >= 15 is 0 Å². The van der Waals surface area contributed by atoms with Crippen LogP contribution in [-0.2, 0) is 20.0 Å². The highest BCUT2D eigenvalue weighted by atomic mass is 32.2. The van der Waals surface area contributed by atoms with Crippen molar-refractivity contribution in [1.29, 1.82) is 0 Å². The molecule has 2 aromatic carbocycles. The average molecular weight is 551 g/mol. The number of rotatable bonds is 7. The van der Waals surface area contributed by atoms with Crippen LogP contribution < -0.4 is 16.2 Å². The molecule has 13 nitrogen and oxygen atoms in total. The molecular formula is C20H24N9O4S3+. The first-order chi connectivity index (χ1) is 17.1. The number of benzene rings is 2. The zero-order chi connectivity index (χ0) is 25.7. The molecule has 1 aliphatic rings. The van der Waals surface area contributed by atoms with E-state index < -0.39 is 29.8 Å². The SMILES string of the molecule is CN(C[C@@H]1CCC[NH2+]1)S(=O)(=O)c1ccc(-c2cccc3sc(N)nc23)c(-c2nn[nH]n2)c1S(N)(=O)=O. The van der Waals surface area contributed by atoms with Gasteiger partial charge in [0.05, 0.1) is 28.9 Å². The molecule has 0 unspecified atom stereocenters. The number of nitrogens with zero attached hydrogens (tertiary/aromatic N) is 5. The van der Waals surface area contributed by atoms with Gasteiger partial charge in [0.1, 0.15) is 15.8 Å². The average Bonchev–Trinajstić information content (AvgIpc) is 3.58. The van der Waals surface area contributed by atoms with Crippen LogP contribution in [0.15, 0.2) is 40.1 Å². The van der Waals surface area contributed by atoms with Gasteiger partial charge in [-0.05, 0) is 22.9 Å². The Morgan fingerprint density at radius 3 is 2.67 bits per heavy atom. The predicted molar refractivity (Wildman–Crippen MR) is 134 cm³/mol. The molecule has 1 atom stereocenters. The molecule has 36 heavy (non-hydrogen) atoms. The van der Waals surface area contributed by atoms with Crippen molar-refractivity contribution in [2.45, 2.75) is 28.7 Å². The highest BCUT2D eigenvalue weighted by Gasteiger charge is 2.36. The molecule has 0 bridgehead atoms. The summed E-state index contributed by atoms with van der Waals surface area (Å²) in [5, 5.41) is 21.8. The molecule has 190 valence electrons. The lowest BCUT2D eigenvalue weighted by Crippen LogP contribution is -2.88. The van der Waals surface area contributed by atoms with Gasteiger partial charge in [-0.1, -0.05) is 29.5 Å². The number of aromatic amines is 1. The van der Waals surface area contributed by atoms with Crippen molar-refractivity contribution in [3.05, 3.63) is 30.3 Å². The van der Waals surface area contributed by atoms with Gasteiger partial charge in [0.25, 0.3) is 0 Å². The van der Waals surface area contributed by atoms with Gasteiger partial charge in [-0.2, -0.15) is 9.52 Å². The molecule has 1 aliphatic heterocycles. The van der Waals surface area contributed by atoms with E-state index in [2.05, 4.69) is 30.9 Å². The Balaban J connectivity index is 1.79. The van der Waals surface area contributed by atoms with Crippen LogP contribution in [0.5, 0.6) is 0 Å². The number of tetrazole rings is 1. The Labute approximate surface area is 211 Å². The molecule has 2 aromatic heterocycles. The number of thiazole rings is 1. The normalized spacial score (nSPS) is 16.8. The first-order valence-electron chi connectivity index (χ1n) is 11.0. The molecule has 0 aliphatic carbocycles. The fourth-order valence-corrected chi connectivity index (χ4v) is 8.12. The fourth-order valence-electron chi connectivity index (χ4n) is 4.56. The van der Waals surface area contributed by atoms with E-state index in [1.165, 1.54) is 30.5 Å². The number of aromatic nitrogens is 5. The number of quaternary nitrogens is 1. The van der Waals surface area contributed by atoms with Crippen molar-refractivity contribution < 1.29 is 22.2 Å². The minimum atomic E-state index is -4.59. The molecule has 0 saturated carbocycles. The number of sulfonamides is 2. The van der Waals surface area contributed by atoms with E-state index in [9.17, 15) is 16.8 Å². The fraction of sp³-hybridized carbons (Fsp3) is 0.300. The van der Waals surface area contributed by atoms with Crippen molar-refractivity contribution in [2.24, 2.45) is 5.14 Å². The summed E-state index contributed by atoms with van der Waals surface area (Å²) in [6.07, 6.45) is 1.86. The minimum Gasteiger partial charge on any atom is -0.375 e. The van der Waals surface area contributed by atoms with Crippen molar-refractivity contribution in [3.8, 4) is 22.5 Å². The highest BCUT2D eigenvalue weighted by Crippen LogP contribution is 2.42. The largest absolute Gasteiger partial charge is 0.375 e. The number of H-pyrrole nitrogens is 1. The number of nitrogens with two attached hydrogens (primary N) is 3. The summed E-state index contributed by atoms with van der Waals surface area (Å²) in [5.74, 6) is -0.127. The van der Waals surface area contributed by atoms with E-state index in [4.69, 9.17) is 10.9 Å². The second-order valence-electron chi connectivity index (χ2n) is 8.51. The Kier molecular flexibility index (Phi) is 6.26. The lowest BCUT2D eigenvalue weighted by Gasteiger charge is -2.22. The number of fused-ring (bicyclic) bond motifs is 1. The van der Waals surface area contributed by atoms with Gasteiger partial charge in [0.15, 0.2) is 5.13 Å². The zero-order valence-corrected chi connectivity index (χ0v) is 21.6. The lowest BCUT2D eigenvalue weighted by atomic mass is 9.98. The molecular weight excluding hydrogens is 526 g/mol. The van der Waals surface area contributed by atoms with Gasteiger partial charge in [-0.3, -0.25) is 0 Å². The van der Waals surface area contributed by atoms with Crippen LogP contribution in [0.3, 0.4) is 0 Å². The lowest BCUT2D eigenvalue weighted by molar-refractivity contribution is -0.669. The van der Waals surface area contributed by atoms with Gasteiger partial charge >= 0.3 is 0 Å². The van der Waals surface area contributed by atoms with Crippen LogP contribution in [0.1, 0.15) is 12.8 Å². The Hall–Kier alpha value is -3.02. The van der Waals surface area contributed by atoms with E-state index in [1.807, 2.05) is 6.07 Å². The van der Waals surface area contributed by atoms with Crippen molar-refractivity contribution in [2.75, 3.05) is 25.9 Å². The van der Waals surface area contributed by atoms with E-state index in [0.29, 0.717) is 21.8 Å². The molecule has 16 heteroatoms. The van der Waals surface area contributed by atoms with Gasteiger partial charge in [0, 0.05) is 25.5 Å². The maximum Gasteiger partial charge on any atom is 0.244 e. The molecule has 4 aromatic rings. The summed E-state index contributed by atoms with van der Waals surface area (Å²) in [7, 11) is -7.42. The number of primary sulfonamides is 1. The number of nitrogens with one attached hydrogen (secondary N) is 1. The monoisotopic (exact) mass is 550 g/mol. The Morgan fingerprint density at radius 2 is 2.00 bits per heavy atom. The third-order valence-electron chi connectivity index (χ3n) is 6.16. The summed E-state index contributed by atoms with van der Waals surface area (Å²) >= 11 is 1.27. The summed E-state index contributed by atoms with van der Waals surface area (Å²) in [6.45, 7) is 1.15. The minimum absolute atomic E-state index is 0.0892. The van der Waals surface area contributed by atoms with Gasteiger partial charge in [0.2, 0.25) is 25.9 Å². The third kappa shape index (κ3) is 4.35. The first-order valence-corrected chi connectivity index (χ1v) is 14.8. The van der Waals surface area contributed by atoms with Crippen LogP contribution in [0, 0.1) is 0 Å². The van der Waals surface area contributed by atoms with E-state index in [0.717, 1.165) is 28.4 Å². The number of hydrogen-bond acceptors (Lipinski definition) is 10. The van der Waals surface area contributed by atoms with E-state index in [-0.39, 0.29) is 24.0 Å². The predicted octanol–water partition coefficient (Wildman–Crippen LogP) is -0.281. The molecule has 0 amide bonds. The molecule has 7 N–H and O–H groups in total. The first kappa shape index (κ1) is 24.7. The Bertz CT molecular complexity index is 1650. The quantitative estimate of drug-likeness (QED) is 0.238. The number of para-hydroxylation sites is 1. The Morgan fingerprint density at radius 1 is 1.19 bits per heavy atom. The highest BCUT2D eigenvalue weighted by molar-refractivity contribution is 7.92. The molecule has 0 spiro atoms. The standard InChI is InChI=1S/C20H23N9O4S3/c1-29(10-11-4-3-9-23-11)36(32,33)15-8-7-12(13-5-2-6-14-17(13)24-20(21)34-14)16(18(15)35(22,30)31)19-25-27-28-26-19/h2,5-8,11,23H,3-4,9-10H2,1H3,(H2,21,24)(H2,22,30,31)(H,25,26,27,28)/p+1/t11-/m0/s1. The second kappa shape index (κ2) is 9.13. The van der Waals surface area contributed by atoms with Gasteiger partial charge < -0.3 is 11.1 Å². The van der Waals surface area contributed by atoms with Crippen molar-refractivity contribution >= 4 is 46.7 Å². The number of likely N-dealkylation sites (N-methyl/N-ethyl adjacent to an activating group) is 1. The maximum absolute atomic E-state index is 13.7. The van der Waals surface area contributed by atoms with Crippen LogP contribution >= 0.6 is 11.3 Å². The molecule has 5 rings (SSSR count). The number of hydrogen-bond donors (Lipinski definition) is 4. The topological polar surface area (TPSA) is 208 Å². The summed E-state index contributed by atoms with van der Waals surface area (Å²) in [5.41, 5.74) is 7.19. The van der Waals surface area contributed by atoms with Crippen LogP contribution in [0.4, 0.5) is 5.13 Å². The zero-order valence-electron chi connectivity index (χ0n) is 19.1. The summed E-state index contributed by atoms with van der Waals surface area (Å²) in [6, 6.07) is 8.16. The van der Waals surface area contributed by atoms with Crippen LogP contribution in [0.25, 0.3) is 32.7 Å². The van der Waals surface area contributed by atoms with Crippen molar-refractivity contribution in [3.63, 3.8) is 0 Å². The molecule has 0 radical (unpaired) electrons. The summed E-state index contributed by atoms with van der Waals surface area (Å²) < 4.78 is 55.3. The smallest absolute Gasteiger partial charge is 0.244 e. The second-order valence-corrected chi connectivity index (χ2v) is 13.1. The number of anilines is 1. The van der Waals surface area contributed by atoms with Crippen molar-refractivity contribution in [1.82, 2.24) is 29.9 Å². The molecule has 1 fully saturated rings. The van der Waals surface area contributed by atoms with E-state index in [1.54, 1.807) is 12.1 Å². The summed E-state index contributed by atoms with van der Waals surface area (Å²) in [4.78, 5) is 3.32. The van der Waals surface area contributed by atoms with Gasteiger partial charge in [-0.25, -0.2) is 27.0 Å². The third-order valence-corrected chi connectivity index (χ3v) is 10.00. The van der Waals surface area contributed by atoms with Gasteiger partial charge in [-0.15, -0.1) is 10.2 Å². The molecule has 3 heterocycles. The molecule has 1 saturated heterocycles. The van der Waals surface area contributed by atoms with Crippen LogP contribution in [0.2, 0.25) is 0 Å².